The average molecular weight is 106 g/mol. The van der Waals surface area contributed by atoms with Crippen molar-refractivity contribution in [2.75, 3.05) is 19.5 Å². The predicted octanol–water partition coefficient (Wildman–Crippen LogP) is 0.539. The van der Waals surface area contributed by atoms with E-state index in [0.29, 0.717) is 6.04 Å². The summed E-state index contributed by atoms with van der Waals surface area (Å²) in [6, 6.07) is 0.701. The summed E-state index contributed by atoms with van der Waals surface area (Å²) < 4.78 is 0. The second kappa shape index (κ2) is 1.39. The Morgan fingerprint density at radius 3 is 2.50 bits per heavy atom. The van der Waals surface area contributed by atoms with E-state index in [0.717, 1.165) is 5.88 Å². The van der Waals surface area contributed by atoms with Gasteiger partial charge in [-0.25, -0.2) is 0 Å². The van der Waals surface area contributed by atoms with E-state index in [-0.39, 0.29) is 0 Å². The van der Waals surface area contributed by atoms with Gasteiger partial charge in [0.2, 0.25) is 0 Å². The zero-order chi connectivity index (χ0) is 4.57. The van der Waals surface area contributed by atoms with Crippen LogP contribution >= 0.6 is 11.6 Å². The van der Waals surface area contributed by atoms with Crippen LogP contribution < -0.4 is 0 Å². The highest BCUT2D eigenvalue weighted by Crippen LogP contribution is 2.13. The molecule has 1 fully saturated rings. The highest BCUT2D eigenvalue weighted by molar-refractivity contribution is 6.18. The normalized spacial score (nSPS) is 43.0. The molecule has 0 amide bonds. The minimum Gasteiger partial charge on any atom is -0.299 e. The SMILES string of the molecule is CN1C[C@@H]1CCl. The van der Waals surface area contributed by atoms with E-state index in [1.54, 1.807) is 0 Å². The van der Waals surface area contributed by atoms with E-state index in [1.807, 2.05) is 0 Å². The van der Waals surface area contributed by atoms with Crippen LogP contribution in [0.2, 0.25) is 0 Å². The Morgan fingerprint density at radius 1 is 2.00 bits per heavy atom. The van der Waals surface area contributed by atoms with Crippen molar-refractivity contribution in [1.82, 2.24) is 4.90 Å². The molecule has 0 radical (unpaired) electrons. The van der Waals surface area contributed by atoms with Crippen molar-refractivity contribution in [3.63, 3.8) is 0 Å². The van der Waals surface area contributed by atoms with E-state index in [9.17, 15) is 0 Å². The zero-order valence-corrected chi connectivity index (χ0v) is 4.57. The molecular weight excluding hydrogens is 97.5 g/mol. The second-order valence-electron chi connectivity index (χ2n) is 1.75. The van der Waals surface area contributed by atoms with Gasteiger partial charge in [0.1, 0.15) is 0 Å². The fraction of sp³-hybridized carbons (Fsp3) is 1.00. The van der Waals surface area contributed by atoms with E-state index >= 15 is 0 Å². The van der Waals surface area contributed by atoms with E-state index in [4.69, 9.17) is 11.6 Å². The minimum atomic E-state index is 0.701. The molecule has 1 rings (SSSR count). The highest BCUT2D eigenvalue weighted by atomic mass is 35.5. The predicted molar refractivity (Wildman–Crippen MR) is 27.1 cm³/mol. The number of halogens is 1. The Hall–Kier alpha value is 0.250. The molecule has 36 valence electrons. The maximum atomic E-state index is 5.45. The molecule has 0 spiro atoms. The number of rotatable bonds is 1. The first kappa shape index (κ1) is 4.41. The van der Waals surface area contributed by atoms with Gasteiger partial charge < -0.3 is 0 Å². The monoisotopic (exact) mass is 105 g/mol. The molecule has 6 heavy (non-hydrogen) atoms. The molecule has 0 bridgehead atoms. The molecule has 0 aromatic rings. The summed E-state index contributed by atoms with van der Waals surface area (Å²) in [5.41, 5.74) is 0. The molecule has 1 unspecified atom stereocenters. The lowest BCUT2D eigenvalue weighted by Gasteiger charge is -1.81. The Kier molecular flexibility index (Phi) is 1.02. The van der Waals surface area contributed by atoms with Crippen molar-refractivity contribution < 1.29 is 0 Å². The van der Waals surface area contributed by atoms with Gasteiger partial charge >= 0.3 is 0 Å². The minimum absolute atomic E-state index is 0.701. The lowest BCUT2D eigenvalue weighted by molar-refractivity contribution is 0.640. The lowest BCUT2D eigenvalue weighted by atomic mass is 10.6. The van der Waals surface area contributed by atoms with Crippen LogP contribution in [-0.4, -0.2) is 30.4 Å². The van der Waals surface area contributed by atoms with Gasteiger partial charge in [-0.15, -0.1) is 11.6 Å². The summed E-state index contributed by atoms with van der Waals surface area (Å²) in [6.07, 6.45) is 0. The topological polar surface area (TPSA) is 3.01 Å². The van der Waals surface area contributed by atoms with Gasteiger partial charge in [-0.2, -0.15) is 0 Å². The summed E-state index contributed by atoms with van der Waals surface area (Å²) in [5, 5.41) is 0. The largest absolute Gasteiger partial charge is 0.299 e. The summed E-state index contributed by atoms with van der Waals surface area (Å²) in [4.78, 5) is 2.22. The number of hydrogen-bond donors (Lipinski definition) is 0. The van der Waals surface area contributed by atoms with Crippen molar-refractivity contribution in [3.05, 3.63) is 0 Å². The van der Waals surface area contributed by atoms with Crippen LogP contribution in [0, 0.1) is 0 Å². The van der Waals surface area contributed by atoms with Gasteiger partial charge in [-0.05, 0) is 7.05 Å². The lowest BCUT2D eigenvalue weighted by Crippen LogP contribution is -1.93. The van der Waals surface area contributed by atoms with Gasteiger partial charge in [0.05, 0.1) is 0 Å². The third-order valence-electron chi connectivity index (χ3n) is 1.17. The maximum Gasteiger partial charge on any atom is 0.0391 e. The third kappa shape index (κ3) is 0.660. The Balaban J connectivity index is 2.09. The average Bonchev–Trinajstić information content (AvgIpc) is 2.19. The summed E-state index contributed by atoms with van der Waals surface area (Å²) in [6.45, 7) is 1.20. The van der Waals surface area contributed by atoms with Crippen molar-refractivity contribution in [2.45, 2.75) is 6.04 Å². The molecule has 2 atom stereocenters. The first-order valence-electron chi connectivity index (χ1n) is 2.11. The first-order valence-corrected chi connectivity index (χ1v) is 2.64. The molecule has 0 aromatic carbocycles. The van der Waals surface area contributed by atoms with Gasteiger partial charge in [0.25, 0.3) is 0 Å². The van der Waals surface area contributed by atoms with E-state index in [2.05, 4.69) is 11.9 Å². The smallest absolute Gasteiger partial charge is 0.0391 e. The second-order valence-corrected chi connectivity index (χ2v) is 2.06. The molecule has 1 aliphatic rings. The molecule has 1 heterocycles. The molecule has 1 aliphatic heterocycles. The van der Waals surface area contributed by atoms with Crippen molar-refractivity contribution >= 4 is 11.6 Å². The zero-order valence-electron chi connectivity index (χ0n) is 3.82. The number of hydrogen-bond acceptors (Lipinski definition) is 1. The molecule has 0 aromatic heterocycles. The maximum absolute atomic E-state index is 5.45. The van der Waals surface area contributed by atoms with E-state index in [1.165, 1.54) is 6.54 Å². The standard InChI is InChI=1S/C4H8ClN/c1-6-3-4(6)2-5/h4H,2-3H2,1H3/t4-,6?/m0/s1. The Labute approximate surface area is 42.9 Å². The Bertz CT molecular complexity index is 53.5. The van der Waals surface area contributed by atoms with Gasteiger partial charge in [-0.3, -0.25) is 4.90 Å². The van der Waals surface area contributed by atoms with Gasteiger partial charge in [0.15, 0.2) is 0 Å². The number of alkyl halides is 1. The third-order valence-corrected chi connectivity index (χ3v) is 1.52. The number of nitrogens with zero attached hydrogens (tertiary/aromatic N) is 1. The molecular formula is C4H8ClN. The highest BCUT2D eigenvalue weighted by Gasteiger charge is 2.27. The molecule has 1 saturated heterocycles. The van der Waals surface area contributed by atoms with Crippen LogP contribution in [0.1, 0.15) is 0 Å². The summed E-state index contributed by atoms with van der Waals surface area (Å²) in [5.74, 6) is 0.802. The quantitative estimate of drug-likeness (QED) is 0.348. The van der Waals surface area contributed by atoms with Crippen LogP contribution in [-0.2, 0) is 0 Å². The summed E-state index contributed by atoms with van der Waals surface area (Å²) >= 11 is 5.45. The fourth-order valence-corrected chi connectivity index (χ4v) is 0.785. The first-order chi connectivity index (χ1) is 2.84. The number of likely N-dealkylation sites (N-methyl/N-ethyl adjacent to an activating group) is 1. The van der Waals surface area contributed by atoms with Gasteiger partial charge in [0, 0.05) is 18.5 Å². The Morgan fingerprint density at radius 2 is 2.50 bits per heavy atom. The molecule has 0 saturated carbocycles. The van der Waals surface area contributed by atoms with Crippen LogP contribution in [0.5, 0.6) is 0 Å². The van der Waals surface area contributed by atoms with Crippen molar-refractivity contribution in [1.29, 1.82) is 0 Å². The summed E-state index contributed by atoms with van der Waals surface area (Å²) in [7, 11) is 2.08. The van der Waals surface area contributed by atoms with Crippen LogP contribution in [0.4, 0.5) is 0 Å². The van der Waals surface area contributed by atoms with Gasteiger partial charge in [-0.1, -0.05) is 0 Å². The molecule has 1 nitrogen and oxygen atoms in total. The van der Waals surface area contributed by atoms with E-state index < -0.39 is 0 Å². The van der Waals surface area contributed by atoms with Crippen LogP contribution in [0.15, 0.2) is 0 Å². The van der Waals surface area contributed by atoms with Crippen LogP contribution in [0.25, 0.3) is 0 Å². The molecule has 0 N–H and O–H groups in total. The van der Waals surface area contributed by atoms with Crippen molar-refractivity contribution in [3.8, 4) is 0 Å². The fourth-order valence-electron chi connectivity index (χ4n) is 0.452. The molecule has 2 heteroatoms. The molecule has 0 aliphatic carbocycles. The van der Waals surface area contributed by atoms with Crippen LogP contribution in [0.3, 0.4) is 0 Å². The van der Waals surface area contributed by atoms with Crippen molar-refractivity contribution in [2.24, 2.45) is 0 Å².